The average Bonchev–Trinajstić information content (AvgIpc) is 3.94. The monoisotopic (exact) mass is 726 g/mol. The summed E-state index contributed by atoms with van der Waals surface area (Å²) in [6, 6.07) is 2.21. The minimum Gasteiger partial charge on any atom is -0.478 e. The van der Waals surface area contributed by atoms with Crippen molar-refractivity contribution < 1.29 is 29.4 Å². The molecule has 1 aromatic rings. The topological polar surface area (TPSA) is 147 Å². The number of piperazine rings is 1. The highest BCUT2D eigenvalue weighted by atomic mass is 16.4. The van der Waals surface area contributed by atoms with Crippen LogP contribution in [0.25, 0.3) is 0 Å². The number of aromatic nitrogens is 2. The fraction of sp³-hybridized carbons (Fsp3) is 0.610. The lowest BCUT2D eigenvalue weighted by molar-refractivity contribution is -0.134. The van der Waals surface area contributed by atoms with E-state index in [0.29, 0.717) is 36.3 Å². The van der Waals surface area contributed by atoms with Crippen molar-refractivity contribution in [2.24, 2.45) is 28.6 Å². The molecule has 5 fully saturated rings. The number of ketones is 2. The Morgan fingerprint density at radius 2 is 1.43 bits per heavy atom. The van der Waals surface area contributed by atoms with Gasteiger partial charge in [0.25, 0.3) is 0 Å². The van der Waals surface area contributed by atoms with Crippen LogP contribution in [0.1, 0.15) is 71.6 Å². The maximum Gasteiger partial charge on any atom is 0.328 e. The standard InChI is InChI=1S/C37H50N6O2.C4H4O4/c1-36-13-11-27(44)23-26(36)7-8-28-29-9-10-31(37(29,2)14-12-30(28)36)32(45)25-40-19-21-42(22-20-40)34-24-33(41-15-3-4-16-41)38-35(39-34)43-17-5-6-18-43;5-3(6)1-2-4(7)8/h11-13,23-24,28-29,31H,3-10,14-22,25H2,1-2H3;1-2H,(H,5,6)(H,7,8). The van der Waals surface area contributed by atoms with Gasteiger partial charge < -0.3 is 24.9 Å². The van der Waals surface area contributed by atoms with Crippen molar-refractivity contribution in [3.8, 4) is 0 Å². The minimum atomic E-state index is -1.26. The van der Waals surface area contributed by atoms with Crippen molar-refractivity contribution in [2.45, 2.75) is 71.6 Å². The van der Waals surface area contributed by atoms with E-state index in [2.05, 4.69) is 51.7 Å². The van der Waals surface area contributed by atoms with Crippen molar-refractivity contribution >= 4 is 41.1 Å². The van der Waals surface area contributed by atoms with E-state index in [1.54, 1.807) is 6.08 Å². The second-order valence-electron chi connectivity index (χ2n) is 16.4. The molecule has 0 amide bonds. The summed E-state index contributed by atoms with van der Waals surface area (Å²) in [6.07, 6.45) is 19.6. The fourth-order valence-electron chi connectivity index (χ4n) is 10.4. The summed E-state index contributed by atoms with van der Waals surface area (Å²) in [6.45, 7) is 13.1. The van der Waals surface area contributed by atoms with Gasteiger partial charge in [0.2, 0.25) is 5.95 Å². The van der Waals surface area contributed by atoms with Crippen molar-refractivity contribution in [3.05, 3.63) is 53.7 Å². The molecule has 2 N–H and O–H groups in total. The van der Waals surface area contributed by atoms with Gasteiger partial charge in [-0.05, 0) is 94.1 Å². The van der Waals surface area contributed by atoms with Gasteiger partial charge in [0.15, 0.2) is 5.78 Å². The van der Waals surface area contributed by atoms with E-state index in [0.717, 1.165) is 102 Å². The second-order valence-corrected chi connectivity index (χ2v) is 16.4. The SMILES string of the molecule is CC12C=CC(=O)C=C1CCC1C2=CCC2(C)C(C(=O)CN3CCN(c4cc(N5CCCC5)nc(N5CCCC5)n4)CC3)CCC12.O=C(O)C=CC(=O)O. The predicted octanol–water partition coefficient (Wildman–Crippen LogP) is 4.92. The molecule has 3 saturated heterocycles. The highest BCUT2D eigenvalue weighted by Crippen LogP contribution is 2.64. The van der Waals surface area contributed by atoms with Crippen molar-refractivity contribution in [1.82, 2.24) is 14.9 Å². The van der Waals surface area contributed by atoms with Crippen LogP contribution in [0.4, 0.5) is 17.6 Å². The van der Waals surface area contributed by atoms with E-state index in [4.69, 9.17) is 20.2 Å². The zero-order chi connectivity index (χ0) is 37.3. The van der Waals surface area contributed by atoms with E-state index in [1.807, 2.05) is 6.08 Å². The van der Waals surface area contributed by atoms with Crippen LogP contribution >= 0.6 is 0 Å². The van der Waals surface area contributed by atoms with Crippen molar-refractivity contribution in [2.75, 3.05) is 73.6 Å². The normalized spacial score (nSPS) is 31.0. The Balaban J connectivity index is 0.000000491. The van der Waals surface area contributed by atoms with Crippen LogP contribution in [-0.4, -0.2) is 107 Å². The molecular formula is C41H54N6O6. The Hall–Kier alpha value is -4.32. The predicted molar refractivity (Wildman–Crippen MR) is 203 cm³/mol. The van der Waals surface area contributed by atoms with Crippen LogP contribution in [-0.2, 0) is 19.2 Å². The molecule has 8 rings (SSSR count). The zero-order valence-corrected chi connectivity index (χ0v) is 31.2. The first-order chi connectivity index (χ1) is 25.4. The largest absolute Gasteiger partial charge is 0.478 e. The number of hydrogen-bond donors (Lipinski definition) is 2. The molecule has 284 valence electrons. The molecule has 0 spiro atoms. The lowest BCUT2D eigenvalue weighted by atomic mass is 9.52. The van der Waals surface area contributed by atoms with Gasteiger partial charge in [-0.3, -0.25) is 14.5 Å². The minimum absolute atomic E-state index is 0.0394. The number of carbonyl (C=O) groups is 4. The molecule has 3 aliphatic heterocycles. The van der Waals surface area contributed by atoms with Crippen LogP contribution in [0.15, 0.2) is 53.7 Å². The molecule has 0 radical (unpaired) electrons. The summed E-state index contributed by atoms with van der Waals surface area (Å²) in [5.41, 5.74) is 2.72. The third kappa shape index (κ3) is 7.57. The Bertz CT molecular complexity index is 1680. The van der Waals surface area contributed by atoms with Gasteiger partial charge in [0, 0.05) is 81.9 Å². The molecule has 1 aromatic heterocycles. The molecule has 4 aliphatic carbocycles. The van der Waals surface area contributed by atoms with Gasteiger partial charge in [-0.15, -0.1) is 0 Å². The Morgan fingerprint density at radius 1 is 0.830 bits per heavy atom. The number of hydrogen-bond acceptors (Lipinski definition) is 10. The quantitative estimate of drug-likeness (QED) is 0.277. The average molecular weight is 727 g/mol. The number of carboxylic acid groups (broad SMARTS) is 2. The number of carboxylic acids is 2. The number of nitrogens with zero attached hydrogens (tertiary/aromatic N) is 6. The fourth-order valence-corrected chi connectivity index (χ4v) is 10.4. The van der Waals surface area contributed by atoms with Crippen LogP contribution < -0.4 is 14.7 Å². The van der Waals surface area contributed by atoms with Crippen LogP contribution in [0.2, 0.25) is 0 Å². The van der Waals surface area contributed by atoms with Crippen molar-refractivity contribution in [1.29, 1.82) is 0 Å². The summed E-state index contributed by atoms with van der Waals surface area (Å²) < 4.78 is 0. The number of allylic oxidation sites excluding steroid dienone is 6. The molecule has 0 aromatic carbocycles. The maximum atomic E-state index is 14.0. The number of rotatable bonds is 8. The van der Waals surface area contributed by atoms with Gasteiger partial charge in [-0.1, -0.05) is 30.2 Å². The third-order valence-corrected chi connectivity index (χ3v) is 13.3. The highest BCUT2D eigenvalue weighted by Gasteiger charge is 2.57. The van der Waals surface area contributed by atoms with Gasteiger partial charge in [-0.25, -0.2) is 9.59 Å². The van der Waals surface area contributed by atoms with Gasteiger partial charge in [0.1, 0.15) is 17.4 Å². The van der Waals surface area contributed by atoms with Crippen LogP contribution in [0, 0.1) is 28.6 Å². The molecule has 12 heteroatoms. The van der Waals surface area contributed by atoms with Crippen LogP contribution in [0.3, 0.4) is 0 Å². The summed E-state index contributed by atoms with van der Waals surface area (Å²) in [5.74, 6) is 2.31. The number of carbonyl (C=O) groups excluding carboxylic acids is 2. The molecule has 5 atom stereocenters. The molecule has 7 aliphatic rings. The number of fused-ring (bicyclic) bond motifs is 5. The lowest BCUT2D eigenvalue weighted by Gasteiger charge is -2.52. The second kappa shape index (κ2) is 15.2. The molecule has 0 bridgehead atoms. The summed E-state index contributed by atoms with van der Waals surface area (Å²) in [5, 5.41) is 15.6. The number of aliphatic carboxylic acids is 2. The summed E-state index contributed by atoms with van der Waals surface area (Å²) >= 11 is 0. The zero-order valence-electron chi connectivity index (χ0n) is 31.2. The Labute approximate surface area is 312 Å². The third-order valence-electron chi connectivity index (χ3n) is 13.3. The van der Waals surface area contributed by atoms with E-state index < -0.39 is 11.9 Å². The molecule has 53 heavy (non-hydrogen) atoms. The molecule has 4 heterocycles. The maximum absolute atomic E-state index is 14.0. The molecular weight excluding hydrogens is 672 g/mol. The lowest BCUT2D eigenvalue weighted by Crippen LogP contribution is -2.50. The Morgan fingerprint density at radius 3 is 2.06 bits per heavy atom. The first-order valence-electron chi connectivity index (χ1n) is 19.6. The van der Waals surface area contributed by atoms with Crippen molar-refractivity contribution in [3.63, 3.8) is 0 Å². The Kier molecular flexibility index (Phi) is 10.6. The number of anilines is 3. The smallest absolute Gasteiger partial charge is 0.328 e. The van der Waals surface area contributed by atoms with Gasteiger partial charge in [-0.2, -0.15) is 9.97 Å². The molecule has 2 saturated carbocycles. The summed E-state index contributed by atoms with van der Waals surface area (Å²) in [4.78, 5) is 64.9. The van der Waals surface area contributed by atoms with Gasteiger partial charge >= 0.3 is 11.9 Å². The van der Waals surface area contributed by atoms with Crippen LogP contribution in [0.5, 0.6) is 0 Å². The van der Waals surface area contributed by atoms with E-state index in [9.17, 15) is 19.2 Å². The summed E-state index contributed by atoms with van der Waals surface area (Å²) in [7, 11) is 0. The van der Waals surface area contributed by atoms with E-state index >= 15 is 0 Å². The van der Waals surface area contributed by atoms with E-state index in [-0.39, 0.29) is 22.5 Å². The molecule has 12 nitrogen and oxygen atoms in total. The van der Waals surface area contributed by atoms with E-state index in [1.165, 1.54) is 36.8 Å². The molecule has 5 unspecified atom stereocenters. The highest BCUT2D eigenvalue weighted by molar-refractivity contribution is 6.01. The van der Waals surface area contributed by atoms with Gasteiger partial charge in [0.05, 0.1) is 6.54 Å². The first kappa shape index (κ1) is 37.0. The number of Topliss-reactive ketones (excluding diaryl/α,β-unsaturated/α-hetero) is 1. The first-order valence-corrected chi connectivity index (χ1v) is 19.6.